The van der Waals surface area contributed by atoms with Crippen LogP contribution in [0.1, 0.15) is 54.3 Å². The fourth-order valence-corrected chi connectivity index (χ4v) is 4.88. The predicted octanol–water partition coefficient (Wildman–Crippen LogP) is 5.89. The molecule has 1 atom stereocenters. The number of carbonyl (C=O) groups is 2. The Hall–Kier alpha value is -2.92. The van der Waals surface area contributed by atoms with Crippen LogP contribution < -0.4 is 18.9 Å². The summed E-state index contributed by atoms with van der Waals surface area (Å²) in [5.41, 5.74) is -0.730. The maximum atomic E-state index is 13.7. The SMILES string of the molecule is COc1ccc(C(=O)CC(C)(C)CC(C)(CP=O)C(=O)c2ccc(OC)cc2OC)c(OC)c1. The zero-order valence-corrected chi connectivity index (χ0v) is 21.8. The molecule has 0 heterocycles. The largest absolute Gasteiger partial charge is 0.497 e. The first-order valence-corrected chi connectivity index (χ1v) is 11.8. The molecule has 0 bridgehead atoms. The van der Waals surface area contributed by atoms with E-state index in [0.717, 1.165) is 0 Å². The van der Waals surface area contributed by atoms with E-state index in [2.05, 4.69) is 0 Å². The molecular weight excluding hydrogens is 455 g/mol. The van der Waals surface area contributed by atoms with Crippen LogP contribution in [-0.2, 0) is 4.57 Å². The Morgan fingerprint density at radius 1 is 0.794 bits per heavy atom. The van der Waals surface area contributed by atoms with Crippen molar-refractivity contribution in [1.29, 1.82) is 0 Å². The fraction of sp³-hybridized carbons (Fsp3) is 0.462. The lowest BCUT2D eigenvalue weighted by Gasteiger charge is -2.35. The molecule has 0 aliphatic carbocycles. The lowest BCUT2D eigenvalue weighted by atomic mass is 9.69. The summed E-state index contributed by atoms with van der Waals surface area (Å²) in [5, 5.41) is 0. The van der Waals surface area contributed by atoms with Crippen LogP contribution in [0.15, 0.2) is 36.4 Å². The molecule has 0 aromatic heterocycles. The summed E-state index contributed by atoms with van der Waals surface area (Å²) >= 11 is 0. The molecule has 34 heavy (non-hydrogen) atoms. The smallest absolute Gasteiger partial charge is 0.173 e. The molecule has 1 unspecified atom stereocenters. The van der Waals surface area contributed by atoms with Crippen molar-refractivity contribution >= 4 is 20.0 Å². The predicted molar refractivity (Wildman–Crippen MR) is 131 cm³/mol. The Labute approximate surface area is 202 Å². The lowest BCUT2D eigenvalue weighted by Crippen LogP contribution is -2.36. The van der Waals surface area contributed by atoms with E-state index >= 15 is 0 Å². The Balaban J connectivity index is 2.34. The molecule has 0 N–H and O–H groups in total. The first-order chi connectivity index (χ1) is 16.0. The average Bonchev–Trinajstić information content (AvgIpc) is 2.81. The highest BCUT2D eigenvalue weighted by Gasteiger charge is 2.41. The standard InChI is InChI=1S/C26H33O7P/c1-25(2,14-21(27)19-10-8-17(30-4)12-22(19)32-6)15-26(3,16-34-29)24(28)20-11-9-18(31-5)13-23(20)33-7/h8-13H,14-16H2,1-7H3. The van der Waals surface area contributed by atoms with Crippen LogP contribution >= 0.6 is 8.46 Å². The molecule has 7 nitrogen and oxygen atoms in total. The van der Waals surface area contributed by atoms with E-state index in [4.69, 9.17) is 18.9 Å². The van der Waals surface area contributed by atoms with Crippen molar-refractivity contribution in [3.8, 4) is 23.0 Å². The Kier molecular flexibility index (Phi) is 9.22. The van der Waals surface area contributed by atoms with Gasteiger partial charge in [0.2, 0.25) is 0 Å². The molecule has 2 aromatic rings. The Morgan fingerprint density at radius 3 is 1.76 bits per heavy atom. The monoisotopic (exact) mass is 488 g/mol. The normalized spacial score (nSPS) is 13.1. The van der Waals surface area contributed by atoms with Crippen LogP contribution in [0.4, 0.5) is 0 Å². The minimum Gasteiger partial charge on any atom is -0.497 e. The number of benzene rings is 2. The summed E-state index contributed by atoms with van der Waals surface area (Å²) in [6.45, 7) is 5.64. The van der Waals surface area contributed by atoms with Gasteiger partial charge >= 0.3 is 0 Å². The van der Waals surface area contributed by atoms with Crippen LogP contribution in [-0.4, -0.2) is 46.2 Å². The molecule has 0 saturated heterocycles. The molecule has 2 rings (SSSR count). The second-order valence-corrected chi connectivity index (χ2v) is 9.82. The van der Waals surface area contributed by atoms with Gasteiger partial charge in [-0.3, -0.25) is 14.2 Å². The van der Waals surface area contributed by atoms with Gasteiger partial charge in [0.1, 0.15) is 23.0 Å². The fourth-order valence-electron chi connectivity index (χ4n) is 4.34. The van der Waals surface area contributed by atoms with Crippen molar-refractivity contribution in [2.75, 3.05) is 34.6 Å². The van der Waals surface area contributed by atoms with E-state index in [1.54, 1.807) is 50.4 Å². The van der Waals surface area contributed by atoms with Crippen molar-refractivity contribution in [1.82, 2.24) is 0 Å². The van der Waals surface area contributed by atoms with Gasteiger partial charge in [0, 0.05) is 30.1 Å². The van der Waals surface area contributed by atoms with Crippen molar-refractivity contribution < 1.29 is 33.1 Å². The Morgan fingerprint density at radius 2 is 1.29 bits per heavy atom. The minimum absolute atomic E-state index is 0.110. The number of methoxy groups -OCH3 is 4. The summed E-state index contributed by atoms with van der Waals surface area (Å²) in [6, 6.07) is 10.0. The highest BCUT2D eigenvalue weighted by atomic mass is 31.1. The number of ether oxygens (including phenoxy) is 4. The molecular formula is C26H33O7P. The number of ketones is 2. The van der Waals surface area contributed by atoms with Crippen molar-refractivity contribution in [2.24, 2.45) is 10.8 Å². The van der Waals surface area contributed by atoms with Gasteiger partial charge in [0.05, 0.1) is 39.6 Å². The summed E-state index contributed by atoms with van der Waals surface area (Å²) < 4.78 is 32.9. The van der Waals surface area contributed by atoms with Gasteiger partial charge in [0.25, 0.3) is 0 Å². The molecule has 8 heteroatoms. The zero-order chi connectivity index (χ0) is 25.5. The highest BCUT2D eigenvalue weighted by Crippen LogP contribution is 2.43. The van der Waals surface area contributed by atoms with Gasteiger partial charge < -0.3 is 18.9 Å². The van der Waals surface area contributed by atoms with E-state index in [9.17, 15) is 14.2 Å². The number of Topliss-reactive ketones (excluding diaryl/α,β-unsaturated/α-hetero) is 2. The summed E-state index contributed by atoms with van der Waals surface area (Å²) in [5.74, 6) is 1.67. The van der Waals surface area contributed by atoms with Gasteiger partial charge in [-0.1, -0.05) is 20.8 Å². The van der Waals surface area contributed by atoms with Crippen LogP contribution in [0.3, 0.4) is 0 Å². The van der Waals surface area contributed by atoms with Crippen LogP contribution in [0.2, 0.25) is 0 Å². The van der Waals surface area contributed by atoms with Crippen molar-refractivity contribution in [2.45, 2.75) is 33.6 Å². The second-order valence-electron chi connectivity index (χ2n) is 9.25. The van der Waals surface area contributed by atoms with Crippen LogP contribution in [0.5, 0.6) is 23.0 Å². The van der Waals surface area contributed by atoms with E-state index < -0.39 is 10.8 Å². The second kappa shape index (κ2) is 11.5. The number of carbonyl (C=O) groups excluding carboxylic acids is 2. The van der Waals surface area contributed by atoms with E-state index in [1.165, 1.54) is 21.3 Å². The molecule has 2 aromatic carbocycles. The van der Waals surface area contributed by atoms with Gasteiger partial charge in [-0.2, -0.15) is 0 Å². The molecule has 0 radical (unpaired) electrons. The first kappa shape index (κ1) is 27.3. The van der Waals surface area contributed by atoms with Crippen LogP contribution in [0, 0.1) is 10.8 Å². The molecule has 0 spiro atoms. The van der Waals surface area contributed by atoms with E-state index in [1.807, 2.05) is 13.8 Å². The molecule has 0 aliphatic heterocycles. The zero-order valence-electron chi connectivity index (χ0n) is 20.9. The third kappa shape index (κ3) is 6.35. The molecule has 0 fully saturated rings. The quantitative estimate of drug-likeness (QED) is 0.257. The minimum atomic E-state index is -0.987. The summed E-state index contributed by atoms with van der Waals surface area (Å²) in [4.78, 5) is 26.8. The van der Waals surface area contributed by atoms with Crippen LogP contribution in [0.25, 0.3) is 0 Å². The Bertz CT molecular complexity index is 1050. The third-order valence-corrected chi connectivity index (χ3v) is 6.66. The van der Waals surface area contributed by atoms with Gasteiger partial charge in [-0.15, -0.1) is 0 Å². The maximum absolute atomic E-state index is 13.7. The number of hydrogen-bond donors (Lipinski definition) is 0. The third-order valence-electron chi connectivity index (χ3n) is 5.83. The van der Waals surface area contributed by atoms with Gasteiger partial charge in [0.15, 0.2) is 20.0 Å². The number of hydrogen-bond acceptors (Lipinski definition) is 7. The first-order valence-electron chi connectivity index (χ1n) is 10.9. The molecule has 0 aliphatic rings. The topological polar surface area (TPSA) is 88.1 Å². The van der Waals surface area contributed by atoms with Gasteiger partial charge in [-0.25, -0.2) is 0 Å². The summed E-state index contributed by atoms with van der Waals surface area (Å²) in [6.07, 6.45) is 0.631. The average molecular weight is 489 g/mol. The van der Waals surface area contributed by atoms with E-state index in [0.29, 0.717) is 40.5 Å². The van der Waals surface area contributed by atoms with Gasteiger partial charge in [-0.05, 0) is 36.1 Å². The van der Waals surface area contributed by atoms with Crippen molar-refractivity contribution in [3.63, 3.8) is 0 Å². The van der Waals surface area contributed by atoms with Crippen molar-refractivity contribution in [3.05, 3.63) is 47.5 Å². The van der Waals surface area contributed by atoms with E-state index in [-0.39, 0.29) is 32.6 Å². The summed E-state index contributed by atoms with van der Waals surface area (Å²) in [7, 11) is 5.92. The molecule has 0 saturated carbocycles. The number of rotatable bonds is 13. The molecule has 184 valence electrons. The lowest BCUT2D eigenvalue weighted by molar-refractivity contribution is 0.0722. The maximum Gasteiger partial charge on any atom is 0.173 e. The molecule has 0 amide bonds. The highest BCUT2D eigenvalue weighted by molar-refractivity contribution is 7.23.